The van der Waals surface area contributed by atoms with Crippen molar-refractivity contribution in [2.75, 3.05) is 13.7 Å². The molecule has 1 aromatic heterocycles. The van der Waals surface area contributed by atoms with Crippen molar-refractivity contribution in [3.63, 3.8) is 0 Å². The summed E-state index contributed by atoms with van der Waals surface area (Å²) in [6.07, 6.45) is 1.04. The van der Waals surface area contributed by atoms with Crippen LogP contribution in [0.4, 0.5) is 9.59 Å². The third kappa shape index (κ3) is 13.9. The SMILES string of the molecule is C=CS/C(=C\N)COC(=O)N[C@@H](Cc1ccccc1)C(=O)C[C@H](Cc1ccccc1)NC(=O)[C@@H](NC(=O)N(C)Cc1csc(C(C)C)n1)C(C)C. The van der Waals surface area contributed by atoms with Gasteiger partial charge >= 0.3 is 12.1 Å². The van der Waals surface area contributed by atoms with Gasteiger partial charge < -0.3 is 31.3 Å². The number of amides is 4. The molecule has 0 aliphatic rings. The molecule has 13 heteroatoms. The van der Waals surface area contributed by atoms with E-state index in [2.05, 4.69) is 41.4 Å². The highest BCUT2D eigenvalue weighted by atomic mass is 32.2. The van der Waals surface area contributed by atoms with Gasteiger partial charge in [-0.1, -0.05) is 107 Å². The molecule has 0 bridgehead atoms. The summed E-state index contributed by atoms with van der Waals surface area (Å²) in [6.45, 7) is 11.7. The van der Waals surface area contributed by atoms with Crippen molar-refractivity contribution < 1.29 is 23.9 Å². The second-order valence-corrected chi connectivity index (χ2v) is 14.8. The number of Topliss-reactive ketones (excluding diaryl/α,β-unsaturated/α-hetero) is 1. The van der Waals surface area contributed by atoms with Crippen molar-refractivity contribution in [1.82, 2.24) is 25.8 Å². The van der Waals surface area contributed by atoms with Crippen molar-refractivity contribution in [2.24, 2.45) is 11.7 Å². The quantitative estimate of drug-likeness (QED) is 0.115. The van der Waals surface area contributed by atoms with Gasteiger partial charge in [-0.15, -0.1) is 11.3 Å². The van der Waals surface area contributed by atoms with Gasteiger partial charge in [0.15, 0.2) is 5.78 Å². The zero-order valence-electron chi connectivity index (χ0n) is 30.0. The Hall–Kier alpha value is -4.62. The Labute approximate surface area is 309 Å². The number of hydrogen-bond acceptors (Lipinski definition) is 9. The molecule has 51 heavy (non-hydrogen) atoms. The molecule has 274 valence electrons. The number of thiazole rings is 1. The molecule has 0 saturated carbocycles. The van der Waals surface area contributed by atoms with E-state index in [1.54, 1.807) is 23.8 Å². The number of carbonyl (C=O) groups is 4. The number of rotatable bonds is 19. The molecule has 1 heterocycles. The largest absolute Gasteiger partial charge is 0.444 e. The molecule has 3 aromatic rings. The predicted molar refractivity (Wildman–Crippen MR) is 205 cm³/mol. The maximum atomic E-state index is 14.0. The number of thioether (sulfide) groups is 1. The summed E-state index contributed by atoms with van der Waals surface area (Å²) in [7, 11) is 1.66. The van der Waals surface area contributed by atoms with Gasteiger partial charge in [-0.3, -0.25) is 9.59 Å². The average Bonchev–Trinajstić information content (AvgIpc) is 3.58. The molecular formula is C38H50N6O5S2. The highest BCUT2D eigenvalue weighted by Gasteiger charge is 2.30. The predicted octanol–water partition coefficient (Wildman–Crippen LogP) is 6.13. The van der Waals surface area contributed by atoms with E-state index in [9.17, 15) is 19.2 Å². The molecule has 0 spiro atoms. The summed E-state index contributed by atoms with van der Waals surface area (Å²) in [5.41, 5.74) is 8.15. The summed E-state index contributed by atoms with van der Waals surface area (Å²) in [6, 6.07) is 16.0. The van der Waals surface area contributed by atoms with Crippen LogP contribution in [0.25, 0.3) is 0 Å². The fourth-order valence-electron chi connectivity index (χ4n) is 5.15. The number of hydrogen-bond donors (Lipinski definition) is 4. The first-order valence-electron chi connectivity index (χ1n) is 16.9. The molecule has 3 rings (SSSR count). The van der Waals surface area contributed by atoms with Gasteiger partial charge in [-0.2, -0.15) is 0 Å². The van der Waals surface area contributed by atoms with E-state index in [-0.39, 0.29) is 31.1 Å². The van der Waals surface area contributed by atoms with Gasteiger partial charge in [0, 0.05) is 41.9 Å². The maximum Gasteiger partial charge on any atom is 0.408 e. The molecule has 0 radical (unpaired) electrons. The Balaban J connectivity index is 1.77. The minimum absolute atomic E-state index is 0.0840. The lowest BCUT2D eigenvalue weighted by Crippen LogP contribution is -2.55. The number of aromatic nitrogens is 1. The van der Waals surface area contributed by atoms with Crippen LogP contribution in [0.2, 0.25) is 0 Å². The van der Waals surface area contributed by atoms with E-state index in [1.165, 1.54) is 22.9 Å². The van der Waals surface area contributed by atoms with Crippen LogP contribution in [0.15, 0.2) is 89.1 Å². The zero-order chi connectivity index (χ0) is 37.3. The van der Waals surface area contributed by atoms with Gasteiger partial charge in [-0.05, 0) is 35.3 Å². The lowest BCUT2D eigenvalue weighted by molar-refractivity contribution is -0.125. The van der Waals surface area contributed by atoms with Gasteiger partial charge in [0.2, 0.25) is 5.91 Å². The number of nitrogens with two attached hydrogens (primary N) is 1. The number of nitrogens with one attached hydrogen (secondary N) is 3. The molecule has 0 aliphatic heterocycles. The Morgan fingerprint density at radius 2 is 1.59 bits per heavy atom. The molecule has 0 unspecified atom stereocenters. The first-order valence-corrected chi connectivity index (χ1v) is 18.6. The van der Waals surface area contributed by atoms with Crippen LogP contribution in [-0.2, 0) is 33.7 Å². The van der Waals surface area contributed by atoms with E-state index < -0.39 is 36.2 Å². The third-order valence-corrected chi connectivity index (χ3v) is 9.80. The lowest BCUT2D eigenvalue weighted by Gasteiger charge is -2.28. The number of urea groups is 1. The van der Waals surface area contributed by atoms with E-state index in [4.69, 9.17) is 10.5 Å². The van der Waals surface area contributed by atoms with E-state index in [1.807, 2.05) is 79.9 Å². The van der Waals surface area contributed by atoms with Crippen molar-refractivity contribution in [3.05, 3.63) is 111 Å². The van der Waals surface area contributed by atoms with E-state index in [0.717, 1.165) is 21.8 Å². The smallest absolute Gasteiger partial charge is 0.408 e. The highest BCUT2D eigenvalue weighted by molar-refractivity contribution is 8.05. The Morgan fingerprint density at radius 3 is 2.14 bits per heavy atom. The summed E-state index contributed by atoms with van der Waals surface area (Å²) < 4.78 is 5.36. The number of ketones is 1. The molecular weight excluding hydrogens is 685 g/mol. The third-order valence-electron chi connectivity index (χ3n) is 7.89. The van der Waals surface area contributed by atoms with Crippen molar-refractivity contribution in [2.45, 2.75) is 77.5 Å². The van der Waals surface area contributed by atoms with Crippen molar-refractivity contribution in [1.29, 1.82) is 0 Å². The minimum Gasteiger partial charge on any atom is -0.444 e. The summed E-state index contributed by atoms with van der Waals surface area (Å²) in [5.74, 6) is -0.666. The molecule has 3 atom stereocenters. The van der Waals surface area contributed by atoms with Crippen LogP contribution in [0, 0.1) is 5.92 Å². The fourth-order valence-corrected chi connectivity index (χ4v) is 6.39. The van der Waals surface area contributed by atoms with Crippen molar-refractivity contribution in [3.8, 4) is 0 Å². The number of nitrogens with zero attached hydrogens (tertiary/aromatic N) is 2. The van der Waals surface area contributed by atoms with Crippen LogP contribution in [0.3, 0.4) is 0 Å². The van der Waals surface area contributed by atoms with Crippen LogP contribution in [0.1, 0.15) is 61.9 Å². The highest BCUT2D eigenvalue weighted by Crippen LogP contribution is 2.20. The fraction of sp³-hybridized carbons (Fsp3) is 0.395. The molecule has 5 N–H and O–H groups in total. The first kappa shape index (κ1) is 40.8. The number of ether oxygens (including phenoxy) is 1. The molecule has 0 aliphatic carbocycles. The van der Waals surface area contributed by atoms with E-state index in [0.29, 0.717) is 23.8 Å². The first-order chi connectivity index (χ1) is 24.4. The summed E-state index contributed by atoms with van der Waals surface area (Å²) in [4.78, 5) is 60.7. The van der Waals surface area contributed by atoms with Gasteiger partial charge in [0.25, 0.3) is 0 Å². The Morgan fingerprint density at radius 1 is 0.961 bits per heavy atom. The van der Waals surface area contributed by atoms with Gasteiger partial charge in [0.05, 0.1) is 23.3 Å². The summed E-state index contributed by atoms with van der Waals surface area (Å²) in [5, 5.41) is 13.1. The standard InChI is InChI=1S/C38H50N6O5S2/c1-7-50-31(21-39)23-49-38(48)42-32(19-28-16-12-9-13-17-28)33(45)20-29(18-27-14-10-8-11-15-27)40-35(46)34(25(2)3)43-37(47)44(6)22-30-24-51-36(41-30)26(4)5/h7-17,21,24-26,29,32,34H,1,18-20,22-23,39H2,2-6H3,(H,40,46)(H,42,48)(H,43,47)/b31-21-/t29-,32-,34-/m0/s1. The zero-order valence-corrected chi connectivity index (χ0v) is 31.6. The monoisotopic (exact) mass is 734 g/mol. The number of benzene rings is 2. The number of carbonyl (C=O) groups excluding carboxylic acids is 4. The summed E-state index contributed by atoms with van der Waals surface area (Å²) >= 11 is 2.79. The molecule has 2 aromatic carbocycles. The normalized spacial score (nSPS) is 13.2. The van der Waals surface area contributed by atoms with Crippen LogP contribution in [-0.4, -0.2) is 65.5 Å². The van der Waals surface area contributed by atoms with Gasteiger partial charge in [-0.25, -0.2) is 14.6 Å². The van der Waals surface area contributed by atoms with Crippen LogP contribution >= 0.6 is 23.1 Å². The Kier molecular flexibility index (Phi) is 16.7. The van der Waals surface area contributed by atoms with Crippen LogP contribution < -0.4 is 21.7 Å². The lowest BCUT2D eigenvalue weighted by atomic mass is 9.94. The molecule has 11 nitrogen and oxygen atoms in total. The topological polar surface area (TPSA) is 156 Å². The minimum atomic E-state index is -0.941. The Bertz CT molecular complexity index is 1610. The van der Waals surface area contributed by atoms with E-state index >= 15 is 0 Å². The maximum absolute atomic E-state index is 14.0. The number of alkyl carbamates (subject to hydrolysis) is 1. The van der Waals surface area contributed by atoms with Gasteiger partial charge in [0.1, 0.15) is 12.6 Å². The second-order valence-electron chi connectivity index (χ2n) is 12.8. The molecule has 4 amide bonds. The second kappa shape index (κ2) is 20.9. The average molecular weight is 735 g/mol. The molecule has 0 saturated heterocycles. The van der Waals surface area contributed by atoms with Crippen molar-refractivity contribution >= 4 is 46.9 Å². The molecule has 0 fully saturated rings. The van der Waals surface area contributed by atoms with Crippen LogP contribution in [0.5, 0.6) is 0 Å².